The highest BCUT2D eigenvalue weighted by atomic mass is 28.4. The molecule has 0 rings (SSSR count). The zero-order valence-corrected chi connectivity index (χ0v) is 15.4. The first-order valence-corrected chi connectivity index (χ1v) is 10.9. The fourth-order valence-electron chi connectivity index (χ4n) is 2.60. The summed E-state index contributed by atoms with van der Waals surface area (Å²) >= 11 is 0. The molecule has 0 aromatic heterocycles. The van der Waals surface area contributed by atoms with Crippen LogP contribution in [0.2, 0.25) is 6.55 Å². The summed E-state index contributed by atoms with van der Waals surface area (Å²) in [7, 11) is -2.23. The maximum Gasteiger partial charge on any atom is 0.361 e. The van der Waals surface area contributed by atoms with E-state index in [4.69, 9.17) is 8.85 Å². The van der Waals surface area contributed by atoms with Crippen molar-refractivity contribution in [2.45, 2.75) is 97.8 Å². The highest BCUT2D eigenvalue weighted by Crippen LogP contribution is 2.22. The highest BCUT2D eigenvalue weighted by molar-refractivity contribution is 6.71. The smallest absolute Gasteiger partial charge is 0.361 e. The van der Waals surface area contributed by atoms with Gasteiger partial charge < -0.3 is 8.85 Å². The molecule has 0 spiro atoms. The molecule has 0 atom stereocenters. The van der Waals surface area contributed by atoms with E-state index in [-0.39, 0.29) is 0 Å². The molecule has 120 valence electrons. The molecule has 0 fully saturated rings. The molecular formula is C17H36O2Si. The molecule has 0 amide bonds. The van der Waals surface area contributed by atoms with Crippen LogP contribution in [0, 0.1) is 0 Å². The molecule has 3 heteroatoms. The van der Waals surface area contributed by atoms with Gasteiger partial charge in [-0.2, -0.15) is 0 Å². The van der Waals surface area contributed by atoms with Crippen LogP contribution >= 0.6 is 0 Å². The van der Waals surface area contributed by atoms with Crippen molar-refractivity contribution < 1.29 is 8.85 Å². The van der Waals surface area contributed by atoms with E-state index in [1.165, 1.54) is 25.7 Å². The van der Waals surface area contributed by atoms with Crippen LogP contribution in [-0.4, -0.2) is 20.8 Å². The molecule has 0 radical (unpaired) electrons. The van der Waals surface area contributed by atoms with E-state index in [1.807, 2.05) is 5.70 Å². The zero-order chi connectivity index (χ0) is 15.4. The standard InChI is InChI=1S/C17H36O2Si/c1-7-12-16(13-8-2)18-20(6,11-5)19-17(14-9-3)15-10-4/h11,16-17H,5,7-10,12-15H2,1-4,6H3. The molecule has 0 aromatic carbocycles. The molecule has 0 N–H and O–H groups in total. The van der Waals surface area contributed by atoms with Gasteiger partial charge in [0.05, 0.1) is 0 Å². The Bertz CT molecular complexity index is 213. The van der Waals surface area contributed by atoms with Gasteiger partial charge >= 0.3 is 8.56 Å². The Morgan fingerprint density at radius 1 is 0.800 bits per heavy atom. The molecule has 0 aromatic rings. The molecule has 0 aliphatic carbocycles. The van der Waals surface area contributed by atoms with E-state index in [2.05, 4.69) is 40.8 Å². The second kappa shape index (κ2) is 11.5. The highest BCUT2D eigenvalue weighted by Gasteiger charge is 2.33. The van der Waals surface area contributed by atoms with Gasteiger partial charge in [0.2, 0.25) is 0 Å². The average molecular weight is 301 g/mol. The third kappa shape index (κ3) is 8.23. The predicted octanol–water partition coefficient (Wildman–Crippen LogP) is 5.75. The van der Waals surface area contributed by atoms with Crippen LogP contribution in [0.5, 0.6) is 0 Å². The summed E-state index contributed by atoms with van der Waals surface area (Å²) in [6, 6.07) is 0. The van der Waals surface area contributed by atoms with Crippen molar-refractivity contribution in [1.82, 2.24) is 0 Å². The number of rotatable bonds is 13. The van der Waals surface area contributed by atoms with E-state index >= 15 is 0 Å². The summed E-state index contributed by atoms with van der Waals surface area (Å²) < 4.78 is 12.8. The Kier molecular flexibility index (Phi) is 11.5. The minimum atomic E-state index is -2.23. The van der Waals surface area contributed by atoms with E-state index in [1.54, 1.807) is 0 Å². The summed E-state index contributed by atoms with van der Waals surface area (Å²) in [4.78, 5) is 0. The molecule has 0 aliphatic heterocycles. The van der Waals surface area contributed by atoms with Gasteiger partial charge in [-0.25, -0.2) is 0 Å². The number of hydrogen-bond acceptors (Lipinski definition) is 2. The Balaban J connectivity index is 4.65. The first-order valence-electron chi connectivity index (χ1n) is 8.54. The minimum Gasteiger partial charge on any atom is -0.388 e. The van der Waals surface area contributed by atoms with Gasteiger partial charge in [-0.15, -0.1) is 6.58 Å². The lowest BCUT2D eigenvalue weighted by Crippen LogP contribution is -2.43. The van der Waals surface area contributed by atoms with Crippen molar-refractivity contribution in [3.63, 3.8) is 0 Å². The summed E-state index contributed by atoms with van der Waals surface area (Å²) in [5.41, 5.74) is 1.96. The minimum absolute atomic E-state index is 0.337. The van der Waals surface area contributed by atoms with Crippen molar-refractivity contribution in [1.29, 1.82) is 0 Å². The van der Waals surface area contributed by atoms with Crippen LogP contribution in [0.4, 0.5) is 0 Å². The largest absolute Gasteiger partial charge is 0.388 e. The fraction of sp³-hybridized carbons (Fsp3) is 0.882. The van der Waals surface area contributed by atoms with E-state index in [0.717, 1.165) is 25.7 Å². The van der Waals surface area contributed by atoms with Gasteiger partial charge in [0.1, 0.15) is 0 Å². The van der Waals surface area contributed by atoms with Gasteiger partial charge in [0, 0.05) is 12.2 Å². The predicted molar refractivity (Wildman–Crippen MR) is 91.2 cm³/mol. The van der Waals surface area contributed by atoms with Crippen LogP contribution in [-0.2, 0) is 8.85 Å². The molecule has 0 saturated heterocycles. The Labute approximate surface area is 128 Å². The third-order valence-electron chi connectivity index (χ3n) is 3.61. The van der Waals surface area contributed by atoms with Gasteiger partial charge in [0.25, 0.3) is 0 Å². The SMILES string of the molecule is C=C[Si](C)(OC(CCC)CCC)OC(CCC)CCC. The maximum atomic E-state index is 6.39. The molecule has 0 aliphatic rings. The summed E-state index contributed by atoms with van der Waals surface area (Å²) in [5.74, 6) is 0. The molecule has 0 heterocycles. The lowest BCUT2D eigenvalue weighted by molar-refractivity contribution is 0.0722. The van der Waals surface area contributed by atoms with Crippen molar-refractivity contribution in [3.8, 4) is 0 Å². The van der Waals surface area contributed by atoms with Crippen molar-refractivity contribution in [3.05, 3.63) is 12.3 Å². The van der Waals surface area contributed by atoms with E-state index in [0.29, 0.717) is 12.2 Å². The Morgan fingerprint density at radius 2 is 1.10 bits per heavy atom. The van der Waals surface area contributed by atoms with Gasteiger partial charge in [-0.05, 0) is 37.9 Å². The van der Waals surface area contributed by atoms with Crippen molar-refractivity contribution in [2.75, 3.05) is 0 Å². The molecule has 0 saturated carbocycles. The van der Waals surface area contributed by atoms with E-state index < -0.39 is 8.56 Å². The molecule has 20 heavy (non-hydrogen) atoms. The normalized spacial score (nSPS) is 12.3. The first-order chi connectivity index (χ1) is 9.55. The van der Waals surface area contributed by atoms with E-state index in [9.17, 15) is 0 Å². The van der Waals surface area contributed by atoms with Crippen LogP contribution in [0.25, 0.3) is 0 Å². The monoisotopic (exact) mass is 300 g/mol. The summed E-state index contributed by atoms with van der Waals surface area (Å²) in [6.45, 7) is 15.0. The maximum absolute atomic E-state index is 6.39. The molecule has 0 bridgehead atoms. The molecule has 0 unspecified atom stereocenters. The lowest BCUT2D eigenvalue weighted by atomic mass is 10.1. The van der Waals surface area contributed by atoms with Gasteiger partial charge in [-0.1, -0.05) is 53.4 Å². The fourth-order valence-corrected chi connectivity index (χ4v) is 4.64. The zero-order valence-electron chi connectivity index (χ0n) is 14.4. The number of hydrogen-bond donors (Lipinski definition) is 0. The van der Waals surface area contributed by atoms with Crippen LogP contribution in [0.15, 0.2) is 12.3 Å². The summed E-state index contributed by atoms with van der Waals surface area (Å²) in [6.07, 6.45) is 9.84. The lowest BCUT2D eigenvalue weighted by Gasteiger charge is -2.33. The Morgan fingerprint density at radius 3 is 1.30 bits per heavy atom. The summed E-state index contributed by atoms with van der Waals surface area (Å²) in [5, 5.41) is 0. The van der Waals surface area contributed by atoms with Crippen molar-refractivity contribution in [2.24, 2.45) is 0 Å². The molecule has 2 nitrogen and oxygen atoms in total. The average Bonchev–Trinajstić information content (AvgIpc) is 2.40. The second-order valence-corrected chi connectivity index (χ2v) is 8.77. The van der Waals surface area contributed by atoms with Crippen molar-refractivity contribution >= 4 is 8.56 Å². The van der Waals surface area contributed by atoms with Crippen LogP contribution < -0.4 is 0 Å². The van der Waals surface area contributed by atoms with Gasteiger partial charge in [-0.3, -0.25) is 0 Å². The quantitative estimate of drug-likeness (QED) is 0.403. The molecular weight excluding hydrogens is 264 g/mol. The Hall–Kier alpha value is -0.123. The second-order valence-electron chi connectivity index (χ2n) is 5.85. The third-order valence-corrected chi connectivity index (χ3v) is 5.96. The van der Waals surface area contributed by atoms with Gasteiger partial charge in [0.15, 0.2) is 0 Å². The topological polar surface area (TPSA) is 18.5 Å². The first kappa shape index (κ1) is 19.9. The van der Waals surface area contributed by atoms with Crippen LogP contribution in [0.1, 0.15) is 79.1 Å². The van der Waals surface area contributed by atoms with Crippen LogP contribution in [0.3, 0.4) is 0 Å².